The maximum absolute atomic E-state index is 8.96. The summed E-state index contributed by atoms with van der Waals surface area (Å²) in [6.07, 6.45) is 0. The van der Waals surface area contributed by atoms with Crippen LogP contribution in [0.2, 0.25) is 0 Å². The molecule has 0 saturated heterocycles. The van der Waals surface area contributed by atoms with Crippen molar-refractivity contribution in [3.63, 3.8) is 0 Å². The summed E-state index contributed by atoms with van der Waals surface area (Å²) in [6.45, 7) is 2.22. The maximum atomic E-state index is 8.96. The number of fused-ring (bicyclic) bond motifs is 1. The van der Waals surface area contributed by atoms with Crippen LogP contribution in [-0.4, -0.2) is 17.2 Å². The molecule has 1 aliphatic rings. The summed E-state index contributed by atoms with van der Waals surface area (Å²) in [5.41, 5.74) is 2.42. The minimum absolute atomic E-state index is 0.120. The van der Waals surface area contributed by atoms with Crippen molar-refractivity contribution >= 4 is 32.4 Å². The standard InChI is InChI=1S/C14H9N5S/c1-9-11(10(6-15)7-16)8-19(18-9)14-17-12-4-2-3-5-13(12)20-14/h2-5H,8H2,1H3. The molecule has 6 heteroatoms. The Bertz CT molecular complexity index is 782. The molecule has 0 N–H and O–H groups in total. The van der Waals surface area contributed by atoms with E-state index in [0.29, 0.717) is 17.8 Å². The van der Waals surface area contributed by atoms with Gasteiger partial charge in [-0.1, -0.05) is 23.5 Å². The van der Waals surface area contributed by atoms with Crippen LogP contribution < -0.4 is 5.01 Å². The molecule has 0 saturated carbocycles. The lowest BCUT2D eigenvalue weighted by atomic mass is 10.1. The molecule has 2 aromatic rings. The second kappa shape index (κ2) is 4.76. The quantitative estimate of drug-likeness (QED) is 0.752. The van der Waals surface area contributed by atoms with Gasteiger partial charge in [-0.15, -0.1) is 0 Å². The first-order valence-electron chi connectivity index (χ1n) is 5.95. The number of anilines is 1. The van der Waals surface area contributed by atoms with Gasteiger partial charge in [0.25, 0.3) is 0 Å². The molecule has 0 amide bonds. The van der Waals surface area contributed by atoms with E-state index in [2.05, 4.69) is 10.1 Å². The highest BCUT2D eigenvalue weighted by Crippen LogP contribution is 2.31. The third-order valence-electron chi connectivity index (χ3n) is 3.04. The average molecular weight is 279 g/mol. The molecule has 1 aromatic carbocycles. The lowest BCUT2D eigenvalue weighted by molar-refractivity contribution is 0.961. The summed E-state index contributed by atoms with van der Waals surface area (Å²) >= 11 is 1.54. The van der Waals surface area contributed by atoms with E-state index in [-0.39, 0.29) is 5.57 Å². The van der Waals surface area contributed by atoms with Crippen LogP contribution in [0.5, 0.6) is 0 Å². The molecule has 5 nitrogen and oxygen atoms in total. The number of rotatable bonds is 1. The number of aromatic nitrogens is 1. The zero-order valence-corrected chi connectivity index (χ0v) is 11.5. The van der Waals surface area contributed by atoms with Crippen molar-refractivity contribution in [3.8, 4) is 12.1 Å². The number of para-hydroxylation sites is 1. The van der Waals surface area contributed by atoms with Crippen LogP contribution in [0.3, 0.4) is 0 Å². The Hall–Kier alpha value is -2.70. The fraction of sp³-hybridized carbons (Fsp3) is 0.143. The van der Waals surface area contributed by atoms with Crippen molar-refractivity contribution in [2.24, 2.45) is 5.10 Å². The lowest BCUT2D eigenvalue weighted by Gasteiger charge is -2.08. The summed E-state index contributed by atoms with van der Waals surface area (Å²) in [7, 11) is 0. The average Bonchev–Trinajstić information content (AvgIpc) is 3.04. The maximum Gasteiger partial charge on any atom is 0.207 e. The first-order valence-corrected chi connectivity index (χ1v) is 6.76. The van der Waals surface area contributed by atoms with Gasteiger partial charge in [-0.3, -0.25) is 0 Å². The molecule has 3 rings (SSSR count). The van der Waals surface area contributed by atoms with E-state index in [4.69, 9.17) is 10.5 Å². The molecule has 0 unspecified atom stereocenters. The molecule has 0 fully saturated rings. The van der Waals surface area contributed by atoms with E-state index >= 15 is 0 Å². The van der Waals surface area contributed by atoms with E-state index in [1.165, 1.54) is 0 Å². The summed E-state index contributed by atoms with van der Waals surface area (Å²) in [5.74, 6) is 0. The second-order valence-electron chi connectivity index (χ2n) is 4.28. The van der Waals surface area contributed by atoms with E-state index in [9.17, 15) is 0 Å². The fourth-order valence-electron chi connectivity index (χ4n) is 2.04. The number of thiazole rings is 1. The Morgan fingerprint density at radius 3 is 2.75 bits per heavy atom. The van der Waals surface area contributed by atoms with Crippen LogP contribution in [-0.2, 0) is 0 Å². The number of nitriles is 2. The number of allylic oxidation sites excluding steroid dienone is 1. The fourth-order valence-corrected chi connectivity index (χ4v) is 2.96. The summed E-state index contributed by atoms with van der Waals surface area (Å²) < 4.78 is 1.09. The van der Waals surface area contributed by atoms with Crippen LogP contribution in [0.25, 0.3) is 10.2 Å². The van der Waals surface area contributed by atoms with Crippen molar-refractivity contribution < 1.29 is 0 Å². The molecule has 2 heterocycles. The Balaban J connectivity index is 2.01. The Morgan fingerprint density at radius 2 is 2.05 bits per heavy atom. The second-order valence-corrected chi connectivity index (χ2v) is 5.29. The number of nitrogens with zero attached hydrogens (tertiary/aromatic N) is 5. The van der Waals surface area contributed by atoms with E-state index < -0.39 is 0 Å². The van der Waals surface area contributed by atoms with Gasteiger partial charge in [0.2, 0.25) is 5.13 Å². The number of hydrogen-bond donors (Lipinski definition) is 0. The Kier molecular flexibility index (Phi) is 2.94. The van der Waals surface area contributed by atoms with Crippen molar-refractivity contribution in [1.82, 2.24) is 4.98 Å². The van der Waals surface area contributed by atoms with Gasteiger partial charge >= 0.3 is 0 Å². The number of hydrazone groups is 1. The zero-order chi connectivity index (χ0) is 14.1. The largest absolute Gasteiger partial charge is 0.234 e. The van der Waals surface area contributed by atoms with Gasteiger partial charge in [0.05, 0.1) is 22.5 Å². The zero-order valence-electron chi connectivity index (χ0n) is 10.7. The molecule has 0 radical (unpaired) electrons. The first-order chi connectivity index (χ1) is 9.72. The lowest BCUT2D eigenvalue weighted by Crippen LogP contribution is -2.13. The Morgan fingerprint density at radius 1 is 1.30 bits per heavy atom. The molecule has 1 aliphatic heterocycles. The van der Waals surface area contributed by atoms with Gasteiger partial charge in [0, 0.05) is 5.57 Å². The molecule has 0 aliphatic carbocycles. The molecule has 0 atom stereocenters. The van der Waals surface area contributed by atoms with Gasteiger partial charge < -0.3 is 0 Å². The summed E-state index contributed by atoms with van der Waals surface area (Å²) in [6, 6.07) is 11.7. The molecular formula is C14H9N5S. The van der Waals surface area contributed by atoms with Gasteiger partial charge in [-0.25, -0.2) is 9.99 Å². The summed E-state index contributed by atoms with van der Waals surface area (Å²) in [5, 5.41) is 24.8. The van der Waals surface area contributed by atoms with Gasteiger partial charge in [-0.2, -0.15) is 15.6 Å². The van der Waals surface area contributed by atoms with Crippen LogP contribution in [0, 0.1) is 22.7 Å². The third kappa shape index (κ3) is 1.93. The number of hydrogen-bond acceptors (Lipinski definition) is 6. The normalized spacial score (nSPS) is 14.1. The monoisotopic (exact) mass is 279 g/mol. The molecule has 96 valence electrons. The van der Waals surface area contributed by atoms with Crippen LogP contribution in [0.4, 0.5) is 5.13 Å². The SMILES string of the molecule is CC1=NN(c2nc3ccccc3s2)CC1=C(C#N)C#N. The van der Waals surface area contributed by atoms with E-state index in [0.717, 1.165) is 15.3 Å². The highest BCUT2D eigenvalue weighted by Gasteiger charge is 2.24. The van der Waals surface area contributed by atoms with Crippen molar-refractivity contribution in [2.45, 2.75) is 6.92 Å². The summed E-state index contributed by atoms with van der Waals surface area (Å²) in [4.78, 5) is 4.52. The smallest absolute Gasteiger partial charge is 0.207 e. The van der Waals surface area contributed by atoms with Gasteiger partial charge in [0.15, 0.2) is 0 Å². The first kappa shape index (κ1) is 12.3. The predicted octanol–water partition coefficient (Wildman–Crippen LogP) is 2.84. The third-order valence-corrected chi connectivity index (χ3v) is 4.09. The molecule has 0 spiro atoms. The van der Waals surface area contributed by atoms with E-state index in [1.807, 2.05) is 36.4 Å². The molecule has 1 aromatic heterocycles. The minimum Gasteiger partial charge on any atom is -0.234 e. The molecular weight excluding hydrogens is 270 g/mol. The van der Waals surface area contributed by atoms with Gasteiger partial charge in [-0.05, 0) is 19.1 Å². The highest BCUT2D eigenvalue weighted by molar-refractivity contribution is 7.22. The van der Waals surface area contributed by atoms with Crippen molar-refractivity contribution in [3.05, 3.63) is 35.4 Å². The highest BCUT2D eigenvalue weighted by atomic mass is 32.1. The van der Waals surface area contributed by atoms with Crippen LogP contribution in [0.15, 0.2) is 40.5 Å². The van der Waals surface area contributed by atoms with Crippen LogP contribution in [0.1, 0.15) is 6.92 Å². The Labute approximate surface area is 119 Å². The van der Waals surface area contributed by atoms with E-state index in [1.54, 1.807) is 23.3 Å². The van der Waals surface area contributed by atoms with Crippen molar-refractivity contribution in [2.75, 3.05) is 11.6 Å². The predicted molar refractivity (Wildman–Crippen MR) is 78.3 cm³/mol. The topological polar surface area (TPSA) is 76.1 Å². The van der Waals surface area contributed by atoms with Gasteiger partial charge in [0.1, 0.15) is 17.7 Å². The minimum atomic E-state index is 0.120. The van der Waals surface area contributed by atoms with Crippen molar-refractivity contribution in [1.29, 1.82) is 10.5 Å². The van der Waals surface area contributed by atoms with Crippen LogP contribution >= 0.6 is 11.3 Å². The number of benzene rings is 1. The molecule has 0 bridgehead atoms. The molecule has 20 heavy (non-hydrogen) atoms.